The standard InChI is InChI=1S/C18H17FN2O3/c1-11-10-24-17-6-4-3-5-16(17)21(11)18(23)13-7-8-14(19)15(9-13)20-12(2)22/h3-9,11H,10H2,1-2H3,(H,20,22)/t11-/m1/s1. The number of hydrogen-bond acceptors (Lipinski definition) is 3. The molecule has 6 heteroatoms. The Bertz CT molecular complexity index is 807. The van der Waals surface area contributed by atoms with Gasteiger partial charge in [-0.05, 0) is 37.3 Å². The Hall–Kier alpha value is -2.89. The third-order valence-corrected chi connectivity index (χ3v) is 3.79. The molecule has 1 atom stereocenters. The highest BCUT2D eigenvalue weighted by molar-refractivity contribution is 6.08. The molecule has 1 aliphatic rings. The van der Waals surface area contributed by atoms with Gasteiger partial charge in [0.15, 0.2) is 0 Å². The zero-order chi connectivity index (χ0) is 17.3. The topological polar surface area (TPSA) is 58.6 Å². The quantitative estimate of drug-likeness (QED) is 0.921. The van der Waals surface area contributed by atoms with Crippen molar-refractivity contribution in [3.63, 3.8) is 0 Å². The molecule has 0 fully saturated rings. The molecular formula is C18H17FN2O3. The SMILES string of the molecule is CC(=O)Nc1cc(C(=O)N2c3ccccc3OC[C@H]2C)ccc1F. The van der Waals surface area contributed by atoms with Crippen LogP contribution in [0.4, 0.5) is 15.8 Å². The number of carbonyl (C=O) groups is 2. The van der Waals surface area contributed by atoms with Gasteiger partial charge in [-0.1, -0.05) is 12.1 Å². The number of hydrogen-bond donors (Lipinski definition) is 1. The van der Waals surface area contributed by atoms with E-state index in [1.165, 1.54) is 25.1 Å². The zero-order valence-electron chi connectivity index (χ0n) is 13.4. The van der Waals surface area contributed by atoms with Crippen molar-refractivity contribution in [2.45, 2.75) is 19.9 Å². The molecule has 0 aromatic heterocycles. The fourth-order valence-corrected chi connectivity index (χ4v) is 2.69. The summed E-state index contributed by atoms with van der Waals surface area (Å²) in [6.45, 7) is 3.54. The van der Waals surface area contributed by atoms with Crippen LogP contribution >= 0.6 is 0 Å². The highest BCUT2D eigenvalue weighted by Crippen LogP contribution is 2.34. The Morgan fingerprint density at radius 1 is 1.25 bits per heavy atom. The molecule has 1 heterocycles. The van der Waals surface area contributed by atoms with E-state index < -0.39 is 11.7 Å². The van der Waals surface area contributed by atoms with Crippen molar-refractivity contribution in [1.29, 1.82) is 0 Å². The minimum Gasteiger partial charge on any atom is -0.489 e. The van der Waals surface area contributed by atoms with E-state index in [4.69, 9.17) is 4.74 Å². The normalized spacial score (nSPS) is 16.1. The summed E-state index contributed by atoms with van der Waals surface area (Å²) in [6.07, 6.45) is 0. The Labute approximate surface area is 139 Å². The number of ether oxygens (including phenoxy) is 1. The zero-order valence-corrected chi connectivity index (χ0v) is 13.4. The lowest BCUT2D eigenvalue weighted by Crippen LogP contribution is -2.45. The molecule has 0 bridgehead atoms. The molecule has 0 saturated carbocycles. The van der Waals surface area contributed by atoms with Gasteiger partial charge in [0.05, 0.1) is 17.4 Å². The molecule has 0 spiro atoms. The summed E-state index contributed by atoms with van der Waals surface area (Å²) >= 11 is 0. The molecule has 0 unspecified atom stereocenters. The highest BCUT2D eigenvalue weighted by Gasteiger charge is 2.30. The summed E-state index contributed by atoms with van der Waals surface area (Å²) < 4.78 is 19.4. The van der Waals surface area contributed by atoms with Crippen molar-refractivity contribution in [3.05, 3.63) is 53.8 Å². The fourth-order valence-electron chi connectivity index (χ4n) is 2.69. The predicted octanol–water partition coefficient (Wildman–Crippen LogP) is 3.21. The molecule has 24 heavy (non-hydrogen) atoms. The summed E-state index contributed by atoms with van der Waals surface area (Å²) in [6, 6.07) is 11.0. The van der Waals surface area contributed by atoms with Crippen molar-refractivity contribution < 1.29 is 18.7 Å². The van der Waals surface area contributed by atoms with Gasteiger partial charge in [-0.25, -0.2) is 4.39 Å². The average Bonchev–Trinajstić information content (AvgIpc) is 2.56. The second kappa shape index (κ2) is 6.31. The number of nitrogens with one attached hydrogen (secondary N) is 1. The maximum absolute atomic E-state index is 13.8. The molecule has 0 saturated heterocycles. The van der Waals surface area contributed by atoms with Crippen molar-refractivity contribution in [2.75, 3.05) is 16.8 Å². The number of fused-ring (bicyclic) bond motifs is 1. The second-order valence-corrected chi connectivity index (χ2v) is 5.68. The molecule has 1 aliphatic heterocycles. The van der Waals surface area contributed by atoms with Crippen LogP contribution < -0.4 is 15.0 Å². The maximum atomic E-state index is 13.8. The van der Waals surface area contributed by atoms with Crippen molar-refractivity contribution in [3.8, 4) is 5.75 Å². The number of nitrogens with zero attached hydrogens (tertiary/aromatic N) is 1. The first-order valence-corrected chi connectivity index (χ1v) is 7.60. The monoisotopic (exact) mass is 328 g/mol. The van der Waals surface area contributed by atoms with Gasteiger partial charge in [0.25, 0.3) is 5.91 Å². The van der Waals surface area contributed by atoms with Gasteiger partial charge in [-0.3, -0.25) is 14.5 Å². The minimum atomic E-state index is -0.586. The van der Waals surface area contributed by atoms with Crippen LogP contribution in [0.1, 0.15) is 24.2 Å². The average molecular weight is 328 g/mol. The first kappa shape index (κ1) is 16.0. The third-order valence-electron chi connectivity index (χ3n) is 3.79. The molecule has 3 rings (SSSR count). The molecule has 0 aliphatic carbocycles. The number of rotatable bonds is 2. The lowest BCUT2D eigenvalue weighted by molar-refractivity contribution is -0.114. The summed E-state index contributed by atoms with van der Waals surface area (Å²) in [7, 11) is 0. The van der Waals surface area contributed by atoms with Crippen LogP contribution in [0.2, 0.25) is 0 Å². The molecule has 2 amide bonds. The van der Waals surface area contributed by atoms with E-state index in [0.29, 0.717) is 23.6 Å². The smallest absolute Gasteiger partial charge is 0.258 e. The van der Waals surface area contributed by atoms with Crippen LogP contribution in [0.3, 0.4) is 0 Å². The van der Waals surface area contributed by atoms with Gasteiger partial charge in [0.2, 0.25) is 5.91 Å². The van der Waals surface area contributed by atoms with Gasteiger partial charge < -0.3 is 10.1 Å². The molecule has 2 aromatic rings. The van der Waals surface area contributed by atoms with Crippen LogP contribution in [0.5, 0.6) is 5.75 Å². The highest BCUT2D eigenvalue weighted by atomic mass is 19.1. The minimum absolute atomic E-state index is 0.0115. The second-order valence-electron chi connectivity index (χ2n) is 5.68. The predicted molar refractivity (Wildman–Crippen MR) is 88.9 cm³/mol. The van der Waals surface area contributed by atoms with Gasteiger partial charge in [-0.2, -0.15) is 0 Å². The number of benzene rings is 2. The number of carbonyl (C=O) groups excluding carboxylic acids is 2. The van der Waals surface area contributed by atoms with Crippen LogP contribution in [-0.2, 0) is 4.79 Å². The molecule has 5 nitrogen and oxygen atoms in total. The van der Waals surface area contributed by atoms with E-state index in [9.17, 15) is 14.0 Å². The van der Waals surface area contributed by atoms with Crippen LogP contribution in [0.15, 0.2) is 42.5 Å². The van der Waals surface area contributed by atoms with Gasteiger partial charge >= 0.3 is 0 Å². The van der Waals surface area contributed by atoms with Crippen molar-refractivity contribution >= 4 is 23.2 Å². The maximum Gasteiger partial charge on any atom is 0.258 e. The van der Waals surface area contributed by atoms with Gasteiger partial charge in [-0.15, -0.1) is 0 Å². The van der Waals surface area contributed by atoms with Crippen LogP contribution in [0, 0.1) is 5.82 Å². The molecule has 124 valence electrons. The van der Waals surface area contributed by atoms with E-state index in [1.54, 1.807) is 17.0 Å². The van der Waals surface area contributed by atoms with Crippen LogP contribution in [-0.4, -0.2) is 24.5 Å². The molecule has 1 N–H and O–H groups in total. The Morgan fingerprint density at radius 2 is 2.00 bits per heavy atom. The Balaban J connectivity index is 1.99. The third kappa shape index (κ3) is 2.95. The van der Waals surface area contributed by atoms with E-state index in [0.717, 1.165) is 0 Å². The van der Waals surface area contributed by atoms with Gasteiger partial charge in [0.1, 0.15) is 18.2 Å². The van der Waals surface area contributed by atoms with E-state index in [-0.39, 0.29) is 17.6 Å². The van der Waals surface area contributed by atoms with Crippen molar-refractivity contribution in [2.24, 2.45) is 0 Å². The van der Waals surface area contributed by atoms with E-state index in [1.807, 2.05) is 19.1 Å². The van der Waals surface area contributed by atoms with E-state index >= 15 is 0 Å². The summed E-state index contributed by atoms with van der Waals surface area (Å²) in [5, 5.41) is 2.39. The first-order chi connectivity index (χ1) is 11.5. The molecular weight excluding hydrogens is 311 g/mol. The summed E-state index contributed by atoms with van der Waals surface area (Å²) in [5.41, 5.74) is 0.956. The van der Waals surface area contributed by atoms with Gasteiger partial charge in [0, 0.05) is 12.5 Å². The summed E-state index contributed by atoms with van der Waals surface area (Å²) in [4.78, 5) is 25.8. The number of halogens is 1. The van der Waals surface area contributed by atoms with Crippen LogP contribution in [0.25, 0.3) is 0 Å². The Kier molecular flexibility index (Phi) is 4.20. The largest absolute Gasteiger partial charge is 0.489 e. The first-order valence-electron chi connectivity index (χ1n) is 7.60. The molecule has 0 radical (unpaired) electrons. The lowest BCUT2D eigenvalue weighted by atomic mass is 10.1. The van der Waals surface area contributed by atoms with E-state index in [2.05, 4.69) is 5.32 Å². The molecule has 2 aromatic carbocycles. The lowest BCUT2D eigenvalue weighted by Gasteiger charge is -2.35. The number of amides is 2. The van der Waals surface area contributed by atoms with Crippen molar-refractivity contribution in [1.82, 2.24) is 0 Å². The number of para-hydroxylation sites is 2. The fraction of sp³-hybridized carbons (Fsp3) is 0.222. The summed E-state index contributed by atoms with van der Waals surface area (Å²) in [5.74, 6) is -0.626. The number of anilines is 2. The Morgan fingerprint density at radius 3 is 2.75 bits per heavy atom.